The molecule has 0 atom stereocenters. The van der Waals surface area contributed by atoms with E-state index in [1.807, 2.05) is 45.1 Å². The third-order valence-corrected chi connectivity index (χ3v) is 1.53. The van der Waals surface area contributed by atoms with Crippen molar-refractivity contribution in [2.24, 2.45) is 0 Å². The van der Waals surface area contributed by atoms with Gasteiger partial charge in [-0.05, 0) is 27.2 Å². The van der Waals surface area contributed by atoms with Gasteiger partial charge in [-0.25, -0.2) is 0 Å². The highest BCUT2D eigenvalue weighted by Gasteiger charge is 1.85. The van der Waals surface area contributed by atoms with Crippen LogP contribution in [0.2, 0.25) is 0 Å². The van der Waals surface area contributed by atoms with E-state index >= 15 is 0 Å². The van der Waals surface area contributed by atoms with Gasteiger partial charge in [0.05, 0.1) is 0 Å². The Morgan fingerprint density at radius 3 is 1.54 bits per heavy atom. The van der Waals surface area contributed by atoms with Crippen molar-refractivity contribution < 1.29 is 0 Å². The van der Waals surface area contributed by atoms with Crippen molar-refractivity contribution in [3.05, 3.63) is 48.6 Å². The average molecular weight is 178 g/mol. The van der Waals surface area contributed by atoms with Gasteiger partial charge in [-0.2, -0.15) is 0 Å². The van der Waals surface area contributed by atoms with Crippen LogP contribution in [0.4, 0.5) is 0 Å². The van der Waals surface area contributed by atoms with Crippen LogP contribution < -0.4 is 0 Å². The van der Waals surface area contributed by atoms with Crippen LogP contribution in [0.15, 0.2) is 48.6 Å². The van der Waals surface area contributed by atoms with E-state index in [-0.39, 0.29) is 0 Å². The summed E-state index contributed by atoms with van der Waals surface area (Å²) in [6.45, 7) is 15.6. The lowest BCUT2D eigenvalue weighted by molar-refractivity contribution is 1.12. The van der Waals surface area contributed by atoms with Crippen LogP contribution in [-0.2, 0) is 0 Å². The number of hydrogen-bond acceptors (Lipinski definition) is 0. The second-order valence-electron chi connectivity index (χ2n) is 2.79. The standard InChI is InChI=1S/C7H12.C6H10/c1-5-7(4)6(2)3;1-3-5-6-4-2/h2,4-5H2,1,3H3;3-6H,1-2H3. The molecule has 0 amide bonds. The highest BCUT2D eigenvalue weighted by Crippen LogP contribution is 2.05. The molecule has 0 aromatic heterocycles. The predicted molar refractivity (Wildman–Crippen MR) is 63.9 cm³/mol. The van der Waals surface area contributed by atoms with Crippen molar-refractivity contribution in [3.63, 3.8) is 0 Å². The summed E-state index contributed by atoms with van der Waals surface area (Å²) < 4.78 is 0. The highest BCUT2D eigenvalue weighted by molar-refractivity contribution is 5.21. The van der Waals surface area contributed by atoms with E-state index in [9.17, 15) is 0 Å². The van der Waals surface area contributed by atoms with Crippen molar-refractivity contribution in [2.75, 3.05) is 0 Å². The van der Waals surface area contributed by atoms with Gasteiger partial charge in [0, 0.05) is 0 Å². The van der Waals surface area contributed by atoms with Crippen LogP contribution in [0.5, 0.6) is 0 Å². The Bertz CT molecular complexity index is 182. The van der Waals surface area contributed by atoms with Gasteiger partial charge in [0.15, 0.2) is 0 Å². The van der Waals surface area contributed by atoms with E-state index in [1.54, 1.807) is 0 Å². The Labute approximate surface area is 83.4 Å². The largest absolute Gasteiger partial charge is 0.0959 e. The smallest absolute Gasteiger partial charge is 0.0311 e. The minimum Gasteiger partial charge on any atom is -0.0959 e. The summed E-state index contributed by atoms with van der Waals surface area (Å²) in [5, 5.41) is 0. The summed E-state index contributed by atoms with van der Waals surface area (Å²) in [4.78, 5) is 0. The van der Waals surface area contributed by atoms with Crippen LogP contribution in [-0.4, -0.2) is 0 Å². The van der Waals surface area contributed by atoms with E-state index in [1.165, 1.54) is 0 Å². The van der Waals surface area contributed by atoms with Gasteiger partial charge in [0.1, 0.15) is 0 Å². The average Bonchev–Trinajstić information content (AvgIpc) is 2.14. The molecule has 0 rings (SSSR count). The van der Waals surface area contributed by atoms with E-state index < -0.39 is 0 Å². The maximum Gasteiger partial charge on any atom is -0.0311 e. The second-order valence-corrected chi connectivity index (χ2v) is 2.79. The van der Waals surface area contributed by atoms with E-state index in [0.717, 1.165) is 17.6 Å². The molecule has 0 unspecified atom stereocenters. The fourth-order valence-electron chi connectivity index (χ4n) is 0.524. The molecule has 0 N–H and O–H groups in total. The zero-order chi connectivity index (χ0) is 10.7. The first-order valence-electron chi connectivity index (χ1n) is 4.67. The van der Waals surface area contributed by atoms with Crippen LogP contribution >= 0.6 is 0 Å². The molecular weight excluding hydrogens is 156 g/mol. The SMILES string of the molecule is C=C(C)C(=C)CC.CC=CC=CC. The molecule has 0 fully saturated rings. The van der Waals surface area contributed by atoms with E-state index in [2.05, 4.69) is 20.1 Å². The Hall–Kier alpha value is -1.04. The molecule has 0 saturated heterocycles. The molecule has 0 aliphatic heterocycles. The van der Waals surface area contributed by atoms with E-state index in [0.29, 0.717) is 0 Å². The van der Waals surface area contributed by atoms with Gasteiger partial charge in [0.25, 0.3) is 0 Å². The quantitative estimate of drug-likeness (QED) is 0.551. The van der Waals surface area contributed by atoms with Gasteiger partial charge in [-0.1, -0.05) is 55.5 Å². The summed E-state index contributed by atoms with van der Waals surface area (Å²) in [5.74, 6) is 0. The maximum atomic E-state index is 3.77. The van der Waals surface area contributed by atoms with Gasteiger partial charge < -0.3 is 0 Å². The minimum absolute atomic E-state index is 1.02. The van der Waals surface area contributed by atoms with Crippen LogP contribution in [0.25, 0.3) is 0 Å². The Kier molecular flexibility index (Phi) is 12.2. The zero-order valence-electron chi connectivity index (χ0n) is 9.43. The van der Waals surface area contributed by atoms with Gasteiger partial charge in [0.2, 0.25) is 0 Å². The highest BCUT2D eigenvalue weighted by atomic mass is 13.9. The number of hydrogen-bond donors (Lipinski definition) is 0. The Morgan fingerprint density at radius 1 is 1.08 bits per heavy atom. The molecule has 0 nitrogen and oxygen atoms in total. The van der Waals surface area contributed by atoms with E-state index in [4.69, 9.17) is 0 Å². The first kappa shape index (κ1) is 14.5. The van der Waals surface area contributed by atoms with Crippen LogP contribution in [0.1, 0.15) is 34.1 Å². The van der Waals surface area contributed by atoms with Crippen molar-refractivity contribution in [1.29, 1.82) is 0 Å². The molecule has 13 heavy (non-hydrogen) atoms. The van der Waals surface area contributed by atoms with Gasteiger partial charge in [-0.15, -0.1) is 0 Å². The molecule has 0 aliphatic carbocycles. The first-order valence-corrected chi connectivity index (χ1v) is 4.67. The predicted octanol–water partition coefficient (Wildman–Crippen LogP) is 4.67. The van der Waals surface area contributed by atoms with Crippen molar-refractivity contribution >= 4 is 0 Å². The summed E-state index contributed by atoms with van der Waals surface area (Å²) >= 11 is 0. The Morgan fingerprint density at radius 2 is 1.46 bits per heavy atom. The molecule has 0 heterocycles. The molecule has 74 valence electrons. The topological polar surface area (TPSA) is 0 Å². The Balaban J connectivity index is 0. The summed E-state index contributed by atoms with van der Waals surface area (Å²) in [6, 6.07) is 0. The minimum atomic E-state index is 1.02. The molecular formula is C13H22. The monoisotopic (exact) mass is 178 g/mol. The summed E-state index contributed by atoms with van der Waals surface area (Å²) in [7, 11) is 0. The molecule has 0 aromatic rings. The molecule has 0 bridgehead atoms. The number of rotatable bonds is 3. The lowest BCUT2D eigenvalue weighted by Gasteiger charge is -1.95. The second kappa shape index (κ2) is 11.0. The summed E-state index contributed by atoms with van der Waals surface area (Å²) in [5.41, 5.74) is 2.25. The van der Waals surface area contributed by atoms with Gasteiger partial charge >= 0.3 is 0 Å². The normalized spacial score (nSPS) is 9.85. The van der Waals surface area contributed by atoms with Crippen molar-refractivity contribution in [1.82, 2.24) is 0 Å². The third-order valence-electron chi connectivity index (χ3n) is 1.53. The fraction of sp³-hybridized carbons (Fsp3) is 0.385. The molecule has 0 spiro atoms. The zero-order valence-corrected chi connectivity index (χ0v) is 9.43. The molecule has 0 heteroatoms. The maximum absolute atomic E-state index is 3.77. The summed E-state index contributed by atoms with van der Waals surface area (Å²) in [6.07, 6.45) is 9.02. The number of allylic oxidation sites excluding steroid dienone is 6. The van der Waals surface area contributed by atoms with Crippen molar-refractivity contribution in [3.8, 4) is 0 Å². The molecule has 0 aromatic carbocycles. The van der Waals surface area contributed by atoms with Crippen LogP contribution in [0, 0.1) is 0 Å². The fourth-order valence-corrected chi connectivity index (χ4v) is 0.524. The molecule has 0 radical (unpaired) electrons. The van der Waals surface area contributed by atoms with Crippen LogP contribution in [0.3, 0.4) is 0 Å². The lowest BCUT2D eigenvalue weighted by atomic mass is 10.1. The molecule has 0 saturated carbocycles. The molecule has 0 aliphatic rings. The van der Waals surface area contributed by atoms with Gasteiger partial charge in [-0.3, -0.25) is 0 Å². The third kappa shape index (κ3) is 13.9. The first-order chi connectivity index (χ1) is 6.09. The lowest BCUT2D eigenvalue weighted by Crippen LogP contribution is -1.74. The van der Waals surface area contributed by atoms with Crippen molar-refractivity contribution in [2.45, 2.75) is 34.1 Å².